The number of hydrogen-bond acceptors (Lipinski definition) is 3. The normalized spacial score (nSPS) is 14.2. The van der Waals surface area contributed by atoms with Crippen LogP contribution in [0.3, 0.4) is 0 Å². The Labute approximate surface area is 116 Å². The molecule has 0 radical (unpaired) electrons. The number of ether oxygens (including phenoxy) is 1. The van der Waals surface area contributed by atoms with Gasteiger partial charge in [0.05, 0.1) is 0 Å². The second-order valence-electron chi connectivity index (χ2n) is 5.62. The maximum absolute atomic E-state index is 12.1. The van der Waals surface area contributed by atoms with Gasteiger partial charge in [0, 0.05) is 12.1 Å². The first-order chi connectivity index (χ1) is 9.08. The smallest absolute Gasteiger partial charge is 0.417 e. The number of aliphatic hydroxyl groups excluding tert-OH is 1. The molecule has 1 atom stereocenters. The van der Waals surface area contributed by atoms with Crippen molar-refractivity contribution in [2.75, 3.05) is 6.61 Å². The molecule has 2 N–H and O–H groups in total. The van der Waals surface area contributed by atoms with E-state index in [0.29, 0.717) is 12.3 Å². The van der Waals surface area contributed by atoms with Crippen molar-refractivity contribution >= 4 is 0 Å². The molecule has 3 nitrogen and oxygen atoms in total. The molecule has 20 heavy (non-hydrogen) atoms. The minimum absolute atomic E-state index is 0.00795. The molecule has 0 bridgehead atoms. The van der Waals surface area contributed by atoms with Crippen LogP contribution in [-0.2, 0) is 6.54 Å². The Balaban J connectivity index is 2.47. The third-order valence-corrected chi connectivity index (χ3v) is 2.53. The van der Waals surface area contributed by atoms with E-state index in [2.05, 4.69) is 5.32 Å². The highest BCUT2D eigenvalue weighted by Gasteiger charge is 2.38. The molecule has 0 heterocycles. The average Bonchev–Trinajstić information content (AvgIpc) is 2.32. The molecule has 1 rings (SSSR count). The summed E-state index contributed by atoms with van der Waals surface area (Å²) in [6.07, 6.45) is -7.12. The van der Waals surface area contributed by atoms with Crippen molar-refractivity contribution < 1.29 is 23.0 Å². The maximum Gasteiger partial charge on any atom is 0.417 e. The van der Waals surface area contributed by atoms with E-state index in [1.807, 2.05) is 20.8 Å². The summed E-state index contributed by atoms with van der Waals surface area (Å²) in [5, 5.41) is 12.1. The SMILES string of the molecule is CC(C)(C)NCc1ccc(OCC(O)C(F)(F)F)cc1. The van der Waals surface area contributed by atoms with Crippen molar-refractivity contribution in [1.29, 1.82) is 0 Å². The number of rotatable bonds is 5. The molecule has 0 saturated carbocycles. The lowest BCUT2D eigenvalue weighted by Crippen LogP contribution is -2.35. The first-order valence-corrected chi connectivity index (χ1v) is 6.29. The lowest BCUT2D eigenvalue weighted by atomic mass is 10.1. The summed E-state index contributed by atoms with van der Waals surface area (Å²) >= 11 is 0. The predicted octanol–water partition coefficient (Wildman–Crippen LogP) is 2.88. The summed E-state index contributed by atoms with van der Waals surface area (Å²) in [5.41, 5.74) is 0.995. The van der Waals surface area contributed by atoms with Crippen molar-refractivity contribution in [3.63, 3.8) is 0 Å². The van der Waals surface area contributed by atoms with Crippen molar-refractivity contribution in [3.8, 4) is 5.75 Å². The van der Waals surface area contributed by atoms with Crippen LogP contribution in [0.2, 0.25) is 0 Å². The van der Waals surface area contributed by atoms with Crippen molar-refractivity contribution in [1.82, 2.24) is 5.32 Å². The summed E-state index contributed by atoms with van der Waals surface area (Å²) in [6, 6.07) is 6.72. The minimum atomic E-state index is -4.66. The number of alkyl halides is 3. The van der Waals surface area contributed by atoms with Crippen molar-refractivity contribution in [3.05, 3.63) is 29.8 Å². The summed E-state index contributed by atoms with van der Waals surface area (Å²) < 4.78 is 41.2. The van der Waals surface area contributed by atoms with E-state index in [0.717, 1.165) is 5.56 Å². The fraction of sp³-hybridized carbons (Fsp3) is 0.571. The Kier molecular flexibility index (Phi) is 5.42. The van der Waals surface area contributed by atoms with Gasteiger partial charge in [0.1, 0.15) is 12.4 Å². The van der Waals surface area contributed by atoms with E-state index in [9.17, 15) is 13.2 Å². The molecule has 0 spiro atoms. The molecular weight excluding hydrogens is 271 g/mol. The van der Waals surface area contributed by atoms with Crippen LogP contribution in [0.1, 0.15) is 26.3 Å². The molecule has 0 amide bonds. The first-order valence-electron chi connectivity index (χ1n) is 6.29. The van der Waals surface area contributed by atoms with Crippen LogP contribution in [0.15, 0.2) is 24.3 Å². The topological polar surface area (TPSA) is 41.5 Å². The largest absolute Gasteiger partial charge is 0.491 e. The quantitative estimate of drug-likeness (QED) is 0.876. The lowest BCUT2D eigenvalue weighted by Gasteiger charge is -2.20. The van der Waals surface area contributed by atoms with Gasteiger partial charge in [-0.2, -0.15) is 13.2 Å². The molecule has 6 heteroatoms. The van der Waals surface area contributed by atoms with Gasteiger partial charge in [-0.3, -0.25) is 0 Å². The van der Waals surface area contributed by atoms with Gasteiger partial charge < -0.3 is 15.2 Å². The Morgan fingerprint density at radius 1 is 1.15 bits per heavy atom. The molecule has 1 aromatic carbocycles. The third-order valence-electron chi connectivity index (χ3n) is 2.53. The predicted molar refractivity (Wildman–Crippen MR) is 70.6 cm³/mol. The van der Waals surface area contributed by atoms with Gasteiger partial charge in [0.25, 0.3) is 0 Å². The highest BCUT2D eigenvalue weighted by Crippen LogP contribution is 2.21. The van der Waals surface area contributed by atoms with Gasteiger partial charge in [-0.1, -0.05) is 12.1 Å². The molecule has 114 valence electrons. The van der Waals surface area contributed by atoms with Crippen LogP contribution >= 0.6 is 0 Å². The van der Waals surface area contributed by atoms with Crippen LogP contribution in [0.4, 0.5) is 13.2 Å². The highest BCUT2D eigenvalue weighted by atomic mass is 19.4. The average molecular weight is 291 g/mol. The number of aliphatic hydroxyl groups is 1. The third kappa shape index (κ3) is 6.25. The molecular formula is C14H20F3NO2. The van der Waals surface area contributed by atoms with Gasteiger partial charge in [-0.15, -0.1) is 0 Å². The second-order valence-corrected chi connectivity index (χ2v) is 5.62. The van der Waals surface area contributed by atoms with Gasteiger partial charge in [0.15, 0.2) is 6.10 Å². The summed E-state index contributed by atoms with van der Waals surface area (Å²) in [7, 11) is 0. The van der Waals surface area contributed by atoms with E-state index >= 15 is 0 Å². The van der Waals surface area contributed by atoms with Gasteiger partial charge >= 0.3 is 6.18 Å². The van der Waals surface area contributed by atoms with Crippen LogP contribution in [0.5, 0.6) is 5.75 Å². The molecule has 1 unspecified atom stereocenters. The van der Waals surface area contributed by atoms with Crippen LogP contribution in [-0.4, -0.2) is 29.5 Å². The van der Waals surface area contributed by atoms with E-state index in [-0.39, 0.29) is 5.54 Å². The van der Waals surface area contributed by atoms with Gasteiger partial charge in [-0.25, -0.2) is 0 Å². The van der Waals surface area contributed by atoms with Crippen LogP contribution in [0.25, 0.3) is 0 Å². The Morgan fingerprint density at radius 3 is 2.15 bits per heavy atom. The fourth-order valence-electron chi connectivity index (χ4n) is 1.34. The molecule has 0 aromatic heterocycles. The molecule has 0 aliphatic heterocycles. The van der Waals surface area contributed by atoms with E-state index in [1.54, 1.807) is 24.3 Å². The Hall–Kier alpha value is -1.27. The Bertz CT molecular complexity index is 410. The molecule has 0 fully saturated rings. The minimum Gasteiger partial charge on any atom is -0.491 e. The molecule has 0 aliphatic rings. The van der Waals surface area contributed by atoms with Gasteiger partial charge in [0.2, 0.25) is 0 Å². The zero-order valence-corrected chi connectivity index (χ0v) is 11.8. The molecule has 0 saturated heterocycles. The second kappa shape index (κ2) is 6.45. The highest BCUT2D eigenvalue weighted by molar-refractivity contribution is 5.27. The monoisotopic (exact) mass is 291 g/mol. The fourth-order valence-corrected chi connectivity index (χ4v) is 1.34. The van der Waals surface area contributed by atoms with Gasteiger partial charge in [-0.05, 0) is 38.5 Å². The zero-order valence-electron chi connectivity index (χ0n) is 11.8. The van der Waals surface area contributed by atoms with Crippen LogP contribution in [0, 0.1) is 0 Å². The standard InChI is InChI=1S/C14H20F3NO2/c1-13(2,3)18-8-10-4-6-11(7-5-10)20-9-12(19)14(15,16)17/h4-7,12,18-19H,8-9H2,1-3H3. The number of halogens is 3. The summed E-state index contributed by atoms with van der Waals surface area (Å²) in [6.45, 7) is 5.99. The summed E-state index contributed by atoms with van der Waals surface area (Å²) in [4.78, 5) is 0. The van der Waals surface area contributed by atoms with E-state index in [4.69, 9.17) is 9.84 Å². The van der Waals surface area contributed by atoms with Crippen molar-refractivity contribution in [2.45, 2.75) is 45.1 Å². The zero-order chi connectivity index (χ0) is 15.4. The molecule has 1 aromatic rings. The number of nitrogens with one attached hydrogen (secondary N) is 1. The van der Waals surface area contributed by atoms with E-state index < -0.39 is 18.9 Å². The Morgan fingerprint density at radius 2 is 1.70 bits per heavy atom. The maximum atomic E-state index is 12.1. The van der Waals surface area contributed by atoms with Crippen LogP contribution < -0.4 is 10.1 Å². The summed E-state index contributed by atoms with van der Waals surface area (Å²) in [5.74, 6) is 0.299. The van der Waals surface area contributed by atoms with Crippen molar-refractivity contribution in [2.24, 2.45) is 0 Å². The number of benzene rings is 1. The lowest BCUT2D eigenvalue weighted by molar-refractivity contribution is -0.210. The van der Waals surface area contributed by atoms with E-state index in [1.165, 1.54) is 0 Å². The number of hydrogen-bond donors (Lipinski definition) is 2. The molecule has 0 aliphatic carbocycles. The first kappa shape index (κ1) is 16.8.